The van der Waals surface area contributed by atoms with E-state index >= 15 is 0 Å². The van der Waals surface area contributed by atoms with Crippen LogP contribution >= 0.6 is 0 Å². The molecule has 0 aliphatic heterocycles. The molecule has 0 saturated heterocycles. The van der Waals surface area contributed by atoms with E-state index in [1.165, 1.54) is 0 Å². The van der Waals surface area contributed by atoms with E-state index in [0.717, 1.165) is 5.56 Å². The Morgan fingerprint density at radius 3 is 2.70 bits per heavy atom. The van der Waals surface area contributed by atoms with E-state index in [2.05, 4.69) is 10.5 Å². The summed E-state index contributed by atoms with van der Waals surface area (Å²) in [7, 11) is 1.59. The first kappa shape index (κ1) is 16.3. The van der Waals surface area contributed by atoms with Crippen LogP contribution in [0.1, 0.15) is 25.0 Å². The highest BCUT2D eigenvalue weighted by Gasteiger charge is 2.10. The maximum Gasteiger partial charge on any atom is 0.170 e. The van der Waals surface area contributed by atoms with Crippen molar-refractivity contribution < 1.29 is 15.1 Å². The minimum absolute atomic E-state index is 0.0520. The van der Waals surface area contributed by atoms with E-state index < -0.39 is 6.10 Å². The number of methoxy groups -OCH3 is 1. The molecule has 112 valence electrons. The second-order valence-electron chi connectivity index (χ2n) is 4.95. The third kappa shape index (κ3) is 4.40. The van der Waals surface area contributed by atoms with Crippen molar-refractivity contribution in [2.75, 3.05) is 13.7 Å². The normalized spacial score (nSPS) is 13.6. The number of aliphatic hydroxyl groups is 1. The molecule has 1 unspecified atom stereocenters. The van der Waals surface area contributed by atoms with Crippen LogP contribution in [-0.2, 0) is 6.54 Å². The SMILES string of the molecule is COc1ccc(/C(N)=N/O)cc1CNCC(O)C(C)C. The van der Waals surface area contributed by atoms with Crippen LogP contribution in [0, 0.1) is 5.92 Å². The standard InChI is InChI=1S/C14H23N3O3/c1-9(2)12(18)8-16-7-11-6-10(14(15)17-19)4-5-13(11)20-3/h4-6,9,12,16,18-19H,7-8H2,1-3H3,(H2,15,17). The number of amidine groups is 1. The molecular weight excluding hydrogens is 258 g/mol. The van der Waals surface area contributed by atoms with E-state index in [-0.39, 0.29) is 11.8 Å². The number of nitrogens with two attached hydrogens (primary N) is 1. The van der Waals surface area contributed by atoms with Gasteiger partial charge in [0.25, 0.3) is 0 Å². The second kappa shape index (κ2) is 7.72. The number of aliphatic hydroxyl groups excluding tert-OH is 1. The molecule has 0 aromatic heterocycles. The smallest absolute Gasteiger partial charge is 0.170 e. The molecule has 1 aromatic carbocycles. The first-order valence-corrected chi connectivity index (χ1v) is 6.53. The highest BCUT2D eigenvalue weighted by molar-refractivity contribution is 5.97. The average Bonchev–Trinajstić information content (AvgIpc) is 2.45. The fourth-order valence-corrected chi connectivity index (χ4v) is 1.72. The van der Waals surface area contributed by atoms with Gasteiger partial charge in [0, 0.05) is 24.2 Å². The molecule has 20 heavy (non-hydrogen) atoms. The van der Waals surface area contributed by atoms with Crippen molar-refractivity contribution in [2.45, 2.75) is 26.5 Å². The predicted octanol–water partition coefficient (Wildman–Crippen LogP) is 0.896. The molecule has 0 spiro atoms. The number of benzene rings is 1. The zero-order valence-corrected chi connectivity index (χ0v) is 12.1. The predicted molar refractivity (Wildman–Crippen MR) is 78.1 cm³/mol. The van der Waals surface area contributed by atoms with Crippen molar-refractivity contribution in [3.63, 3.8) is 0 Å². The molecule has 0 aliphatic carbocycles. The molecular formula is C14H23N3O3. The van der Waals surface area contributed by atoms with Gasteiger partial charge in [0.2, 0.25) is 0 Å². The molecule has 0 radical (unpaired) electrons. The molecule has 0 fully saturated rings. The fraction of sp³-hybridized carbons (Fsp3) is 0.500. The van der Waals surface area contributed by atoms with Crippen molar-refractivity contribution in [1.29, 1.82) is 0 Å². The number of hydrogen-bond acceptors (Lipinski definition) is 5. The van der Waals surface area contributed by atoms with Gasteiger partial charge in [-0.25, -0.2) is 0 Å². The van der Waals surface area contributed by atoms with Gasteiger partial charge in [0.15, 0.2) is 5.84 Å². The van der Waals surface area contributed by atoms with E-state index in [1.54, 1.807) is 25.3 Å². The molecule has 1 rings (SSSR count). The zero-order chi connectivity index (χ0) is 15.1. The van der Waals surface area contributed by atoms with Crippen LogP contribution in [0.25, 0.3) is 0 Å². The molecule has 1 aromatic rings. The highest BCUT2D eigenvalue weighted by Crippen LogP contribution is 2.19. The van der Waals surface area contributed by atoms with Crippen LogP contribution in [-0.4, -0.2) is 35.9 Å². The van der Waals surface area contributed by atoms with Crippen LogP contribution in [0.2, 0.25) is 0 Å². The van der Waals surface area contributed by atoms with Gasteiger partial charge in [-0.15, -0.1) is 0 Å². The van der Waals surface area contributed by atoms with E-state index in [4.69, 9.17) is 15.7 Å². The van der Waals surface area contributed by atoms with Crippen LogP contribution in [0.5, 0.6) is 5.75 Å². The molecule has 0 aliphatic rings. The third-order valence-electron chi connectivity index (χ3n) is 3.12. The van der Waals surface area contributed by atoms with Crippen LogP contribution in [0.4, 0.5) is 0 Å². The summed E-state index contributed by atoms with van der Waals surface area (Å²) in [4.78, 5) is 0. The van der Waals surface area contributed by atoms with Crippen molar-refractivity contribution in [3.8, 4) is 5.75 Å². The Kier molecular flexibility index (Phi) is 6.27. The maximum absolute atomic E-state index is 9.75. The van der Waals surface area contributed by atoms with Crippen molar-refractivity contribution >= 4 is 5.84 Å². The van der Waals surface area contributed by atoms with Gasteiger partial charge in [-0.05, 0) is 24.1 Å². The fourth-order valence-electron chi connectivity index (χ4n) is 1.72. The van der Waals surface area contributed by atoms with E-state index in [9.17, 15) is 5.11 Å². The van der Waals surface area contributed by atoms with E-state index in [1.807, 2.05) is 13.8 Å². The van der Waals surface area contributed by atoms with Crippen LogP contribution < -0.4 is 15.8 Å². The Morgan fingerprint density at radius 2 is 2.15 bits per heavy atom. The summed E-state index contributed by atoms with van der Waals surface area (Å²) < 4.78 is 5.27. The minimum Gasteiger partial charge on any atom is -0.496 e. The Hall–Kier alpha value is -1.79. The Bertz CT molecular complexity index is 461. The number of oxime groups is 1. The van der Waals surface area contributed by atoms with E-state index in [0.29, 0.717) is 24.4 Å². The monoisotopic (exact) mass is 281 g/mol. The molecule has 6 heteroatoms. The summed E-state index contributed by atoms with van der Waals surface area (Å²) in [5, 5.41) is 24.6. The number of hydrogen-bond donors (Lipinski definition) is 4. The lowest BCUT2D eigenvalue weighted by atomic mass is 10.1. The summed E-state index contributed by atoms with van der Waals surface area (Å²) in [6, 6.07) is 5.28. The minimum atomic E-state index is -0.395. The topological polar surface area (TPSA) is 100 Å². The molecule has 5 N–H and O–H groups in total. The number of nitrogens with one attached hydrogen (secondary N) is 1. The van der Waals surface area contributed by atoms with Gasteiger partial charge in [-0.1, -0.05) is 19.0 Å². The maximum atomic E-state index is 9.75. The lowest BCUT2D eigenvalue weighted by molar-refractivity contribution is 0.123. The van der Waals surface area contributed by atoms with Crippen LogP contribution in [0.3, 0.4) is 0 Å². The number of rotatable bonds is 7. The number of nitrogens with zero attached hydrogens (tertiary/aromatic N) is 1. The van der Waals surface area contributed by atoms with Gasteiger partial charge in [-0.2, -0.15) is 0 Å². The van der Waals surface area contributed by atoms with Crippen LogP contribution in [0.15, 0.2) is 23.4 Å². The molecule has 0 saturated carbocycles. The summed E-state index contributed by atoms with van der Waals surface area (Å²) in [6.07, 6.45) is -0.395. The van der Waals surface area contributed by atoms with Gasteiger partial charge < -0.3 is 26.1 Å². The van der Waals surface area contributed by atoms with Gasteiger partial charge >= 0.3 is 0 Å². The average molecular weight is 281 g/mol. The quantitative estimate of drug-likeness (QED) is 0.257. The van der Waals surface area contributed by atoms with Gasteiger partial charge in [0.1, 0.15) is 5.75 Å². The summed E-state index contributed by atoms with van der Waals surface area (Å²) in [6.45, 7) is 4.95. The van der Waals surface area contributed by atoms with Crippen molar-refractivity contribution in [2.24, 2.45) is 16.8 Å². The Balaban J connectivity index is 2.76. The molecule has 1 atom stereocenters. The highest BCUT2D eigenvalue weighted by atomic mass is 16.5. The zero-order valence-electron chi connectivity index (χ0n) is 12.1. The molecule has 0 amide bonds. The second-order valence-corrected chi connectivity index (χ2v) is 4.95. The molecule has 0 bridgehead atoms. The lowest BCUT2D eigenvalue weighted by Crippen LogP contribution is -2.30. The Morgan fingerprint density at radius 1 is 1.45 bits per heavy atom. The molecule has 0 heterocycles. The summed E-state index contributed by atoms with van der Waals surface area (Å²) in [5.74, 6) is 0.968. The molecule has 6 nitrogen and oxygen atoms in total. The third-order valence-corrected chi connectivity index (χ3v) is 3.12. The summed E-state index contributed by atoms with van der Waals surface area (Å²) in [5.41, 5.74) is 7.07. The van der Waals surface area contributed by atoms with Crippen molar-refractivity contribution in [1.82, 2.24) is 5.32 Å². The van der Waals surface area contributed by atoms with Gasteiger partial charge in [-0.3, -0.25) is 0 Å². The first-order chi connectivity index (χ1) is 9.49. The number of ether oxygens (including phenoxy) is 1. The first-order valence-electron chi connectivity index (χ1n) is 6.53. The Labute approximate surface area is 119 Å². The largest absolute Gasteiger partial charge is 0.496 e. The van der Waals surface area contributed by atoms with Crippen molar-refractivity contribution in [3.05, 3.63) is 29.3 Å². The summed E-state index contributed by atoms with van der Waals surface area (Å²) >= 11 is 0. The van der Waals surface area contributed by atoms with Gasteiger partial charge in [0.05, 0.1) is 13.2 Å². The lowest BCUT2D eigenvalue weighted by Gasteiger charge is -2.16.